The summed E-state index contributed by atoms with van der Waals surface area (Å²) in [4.78, 5) is 9.04. The number of hydrogen-bond donors (Lipinski definition) is 1. The fourth-order valence-corrected chi connectivity index (χ4v) is 2.50. The molecule has 5 heteroatoms. The van der Waals surface area contributed by atoms with Crippen LogP contribution in [0.2, 0.25) is 0 Å². The average molecular weight is 266 g/mol. The predicted octanol–water partition coefficient (Wildman–Crippen LogP) is 1.56. The number of likely N-dealkylation sites (tertiary alicyclic amines) is 1. The quantitative estimate of drug-likeness (QED) is 0.846. The normalized spacial score (nSPS) is 20.4. The van der Waals surface area contributed by atoms with E-state index in [1.54, 1.807) is 6.26 Å². The molecule has 1 unspecified atom stereocenters. The summed E-state index contributed by atoms with van der Waals surface area (Å²) < 4.78 is 5.56. The van der Waals surface area contributed by atoms with Crippen molar-refractivity contribution < 1.29 is 4.42 Å². The summed E-state index contributed by atoms with van der Waals surface area (Å²) >= 11 is 0. The first-order valence-corrected chi connectivity index (χ1v) is 7.12. The fourth-order valence-electron chi connectivity index (χ4n) is 2.50. The van der Waals surface area contributed by atoms with E-state index in [0.717, 1.165) is 30.7 Å². The molecule has 1 saturated heterocycles. The molecule has 1 aliphatic heterocycles. The summed E-state index contributed by atoms with van der Waals surface area (Å²) in [5.74, 6) is 0.721. The van der Waals surface area contributed by atoms with Crippen LogP contribution in [0, 0.1) is 5.92 Å². The third-order valence-corrected chi connectivity index (χ3v) is 3.58. The molecule has 1 N–H and O–H groups in total. The molecule has 1 aromatic heterocycles. The van der Waals surface area contributed by atoms with Gasteiger partial charge in [-0.1, -0.05) is 13.8 Å². The van der Waals surface area contributed by atoms with Crippen molar-refractivity contribution in [2.75, 3.05) is 38.6 Å². The molecular weight excluding hydrogens is 240 g/mol. The molecule has 19 heavy (non-hydrogen) atoms. The lowest BCUT2D eigenvalue weighted by molar-refractivity contribution is 0.393. The van der Waals surface area contributed by atoms with Crippen LogP contribution in [-0.4, -0.2) is 49.7 Å². The third kappa shape index (κ3) is 4.21. The van der Waals surface area contributed by atoms with Crippen molar-refractivity contribution >= 4 is 6.01 Å². The highest BCUT2D eigenvalue weighted by Crippen LogP contribution is 2.19. The first-order valence-electron chi connectivity index (χ1n) is 7.12. The van der Waals surface area contributed by atoms with Crippen molar-refractivity contribution in [3.63, 3.8) is 0 Å². The third-order valence-electron chi connectivity index (χ3n) is 3.58. The van der Waals surface area contributed by atoms with Crippen molar-refractivity contribution in [1.82, 2.24) is 15.2 Å². The van der Waals surface area contributed by atoms with E-state index >= 15 is 0 Å². The number of nitrogens with zero attached hydrogens (tertiary/aromatic N) is 3. The van der Waals surface area contributed by atoms with Crippen molar-refractivity contribution in [1.29, 1.82) is 0 Å². The second-order valence-electron chi connectivity index (χ2n) is 5.95. The van der Waals surface area contributed by atoms with Gasteiger partial charge in [0.1, 0.15) is 6.26 Å². The Morgan fingerprint density at radius 2 is 2.37 bits per heavy atom. The summed E-state index contributed by atoms with van der Waals surface area (Å²) in [5, 5.41) is 3.35. The average Bonchev–Trinajstić information content (AvgIpc) is 2.95. The largest absolute Gasteiger partial charge is 0.432 e. The van der Waals surface area contributed by atoms with Crippen LogP contribution in [0.5, 0.6) is 0 Å². The van der Waals surface area contributed by atoms with E-state index in [2.05, 4.69) is 48.0 Å². The van der Waals surface area contributed by atoms with Crippen LogP contribution in [0.4, 0.5) is 6.01 Å². The number of oxazole rings is 1. The van der Waals surface area contributed by atoms with E-state index < -0.39 is 0 Å². The topological polar surface area (TPSA) is 44.5 Å². The van der Waals surface area contributed by atoms with Crippen LogP contribution in [-0.2, 0) is 6.54 Å². The summed E-state index contributed by atoms with van der Waals surface area (Å²) in [6, 6.07) is 1.20. The van der Waals surface area contributed by atoms with Crippen LogP contribution in [0.25, 0.3) is 0 Å². The smallest absolute Gasteiger partial charge is 0.297 e. The molecule has 0 bridgehead atoms. The maximum atomic E-state index is 5.56. The van der Waals surface area contributed by atoms with E-state index in [9.17, 15) is 0 Å². The Labute approximate surface area is 116 Å². The molecule has 108 valence electrons. The van der Waals surface area contributed by atoms with Crippen molar-refractivity contribution in [2.24, 2.45) is 5.92 Å². The Bertz CT molecular complexity index is 391. The van der Waals surface area contributed by atoms with Crippen LogP contribution in [0.1, 0.15) is 26.0 Å². The molecular formula is C14H26N4O. The molecule has 0 spiro atoms. The summed E-state index contributed by atoms with van der Waals surface area (Å²) in [5.41, 5.74) is 0.971. The van der Waals surface area contributed by atoms with Gasteiger partial charge in [0, 0.05) is 32.7 Å². The van der Waals surface area contributed by atoms with E-state index in [1.807, 2.05) is 0 Å². The van der Waals surface area contributed by atoms with Crippen LogP contribution in [0.15, 0.2) is 10.7 Å². The van der Waals surface area contributed by atoms with E-state index in [1.165, 1.54) is 19.5 Å². The van der Waals surface area contributed by atoms with Crippen LogP contribution < -0.4 is 10.2 Å². The lowest BCUT2D eigenvalue weighted by Gasteiger charge is -2.19. The molecule has 0 aliphatic carbocycles. The molecule has 0 saturated carbocycles. The highest BCUT2D eigenvalue weighted by atomic mass is 16.4. The molecule has 0 aromatic carbocycles. The molecule has 1 aliphatic rings. The Morgan fingerprint density at radius 1 is 1.58 bits per heavy atom. The van der Waals surface area contributed by atoms with Gasteiger partial charge in [-0.25, -0.2) is 0 Å². The van der Waals surface area contributed by atoms with Crippen molar-refractivity contribution in [3.05, 3.63) is 12.0 Å². The molecule has 1 aromatic rings. The highest BCUT2D eigenvalue weighted by molar-refractivity contribution is 5.25. The zero-order valence-electron chi connectivity index (χ0n) is 12.5. The van der Waals surface area contributed by atoms with Crippen molar-refractivity contribution in [2.45, 2.75) is 32.9 Å². The summed E-state index contributed by atoms with van der Waals surface area (Å²) in [7, 11) is 4.24. The summed E-state index contributed by atoms with van der Waals surface area (Å²) in [6.45, 7) is 8.41. The second-order valence-corrected chi connectivity index (χ2v) is 5.95. The standard InChI is InChI=1S/C14H26N4O/c1-11(2)15-7-13-10-19-14(16-13)18(4)9-12-5-6-17(3)8-12/h10-12,15H,5-9H2,1-4H3. The van der Waals surface area contributed by atoms with Gasteiger partial charge in [0.15, 0.2) is 0 Å². The highest BCUT2D eigenvalue weighted by Gasteiger charge is 2.22. The molecule has 2 rings (SSSR count). The van der Waals surface area contributed by atoms with Gasteiger partial charge in [0.2, 0.25) is 0 Å². The van der Waals surface area contributed by atoms with Gasteiger partial charge < -0.3 is 19.5 Å². The minimum absolute atomic E-state index is 0.465. The molecule has 0 amide bonds. The number of nitrogens with one attached hydrogen (secondary N) is 1. The van der Waals surface area contributed by atoms with Gasteiger partial charge in [-0.15, -0.1) is 0 Å². The van der Waals surface area contributed by atoms with E-state index in [-0.39, 0.29) is 0 Å². The van der Waals surface area contributed by atoms with Gasteiger partial charge in [0.25, 0.3) is 6.01 Å². The monoisotopic (exact) mass is 266 g/mol. The van der Waals surface area contributed by atoms with Crippen molar-refractivity contribution in [3.8, 4) is 0 Å². The lowest BCUT2D eigenvalue weighted by Crippen LogP contribution is -2.27. The Balaban J connectivity index is 1.83. The number of rotatable bonds is 6. The fraction of sp³-hybridized carbons (Fsp3) is 0.786. The first kappa shape index (κ1) is 14.3. The number of hydrogen-bond acceptors (Lipinski definition) is 5. The predicted molar refractivity (Wildman–Crippen MR) is 77.4 cm³/mol. The zero-order valence-corrected chi connectivity index (χ0v) is 12.5. The Hall–Kier alpha value is -1.07. The van der Waals surface area contributed by atoms with Gasteiger partial charge >= 0.3 is 0 Å². The van der Waals surface area contributed by atoms with Crippen LogP contribution >= 0.6 is 0 Å². The van der Waals surface area contributed by atoms with Gasteiger partial charge in [-0.2, -0.15) is 4.98 Å². The molecule has 1 atom stereocenters. The van der Waals surface area contributed by atoms with Gasteiger partial charge in [-0.3, -0.25) is 0 Å². The van der Waals surface area contributed by atoms with E-state index in [0.29, 0.717) is 6.04 Å². The summed E-state index contributed by atoms with van der Waals surface area (Å²) in [6.07, 6.45) is 3.02. The minimum atomic E-state index is 0.465. The maximum Gasteiger partial charge on any atom is 0.297 e. The number of aromatic nitrogens is 1. The lowest BCUT2D eigenvalue weighted by atomic mass is 10.1. The maximum absolute atomic E-state index is 5.56. The minimum Gasteiger partial charge on any atom is -0.432 e. The van der Waals surface area contributed by atoms with E-state index in [4.69, 9.17) is 4.42 Å². The molecule has 0 radical (unpaired) electrons. The van der Waals surface area contributed by atoms with Crippen LogP contribution in [0.3, 0.4) is 0 Å². The number of anilines is 1. The zero-order chi connectivity index (χ0) is 13.8. The Kier molecular flexibility index (Phi) is 4.82. The molecule has 2 heterocycles. The molecule has 5 nitrogen and oxygen atoms in total. The second kappa shape index (κ2) is 6.39. The first-order chi connectivity index (χ1) is 9.04. The SMILES string of the molecule is CC(C)NCc1coc(N(C)CC2CCN(C)C2)n1. The Morgan fingerprint density at radius 3 is 3.00 bits per heavy atom. The molecule has 1 fully saturated rings. The van der Waals surface area contributed by atoms with Gasteiger partial charge in [-0.05, 0) is 25.9 Å². The van der Waals surface area contributed by atoms with Gasteiger partial charge in [0.05, 0.1) is 5.69 Å².